The van der Waals surface area contributed by atoms with Crippen molar-refractivity contribution in [1.29, 1.82) is 0 Å². The molecule has 1 aliphatic carbocycles. The van der Waals surface area contributed by atoms with E-state index in [9.17, 15) is 0 Å². The Morgan fingerprint density at radius 2 is 1.13 bits per heavy atom. The summed E-state index contributed by atoms with van der Waals surface area (Å²) < 4.78 is 0. The molecule has 53 heavy (non-hydrogen) atoms. The largest absolute Gasteiger partial charge is 4.00 e. The molecule has 7 aromatic rings. The maximum Gasteiger partial charge on any atom is 4.00 e. The van der Waals surface area contributed by atoms with Crippen molar-refractivity contribution in [3.8, 4) is 11.1 Å². The molecular weight excluding hydrogens is 803 g/mol. The smallest absolute Gasteiger partial charge is 0.214 e. The molecule has 0 N–H and O–H groups in total. The van der Waals surface area contributed by atoms with Gasteiger partial charge in [-0.2, -0.15) is 67.1 Å². The minimum atomic E-state index is 0. The van der Waals surface area contributed by atoms with Crippen LogP contribution in [0.4, 0.5) is 0 Å². The molecule has 0 nitrogen and oxygen atoms in total. The van der Waals surface area contributed by atoms with E-state index >= 15 is 0 Å². The van der Waals surface area contributed by atoms with Gasteiger partial charge in [-0.25, -0.2) is 12.1 Å². The van der Waals surface area contributed by atoms with E-state index in [1.807, 2.05) is 60.7 Å². The molecule has 1 saturated carbocycles. The van der Waals surface area contributed by atoms with Gasteiger partial charge in [0, 0.05) is 0 Å². The third kappa shape index (κ3) is 11.4. The first kappa shape index (κ1) is 41.6. The van der Waals surface area contributed by atoms with E-state index in [0.29, 0.717) is 5.92 Å². The van der Waals surface area contributed by atoms with E-state index in [-0.39, 0.29) is 36.7 Å². The predicted molar refractivity (Wildman–Crippen MR) is 228 cm³/mol. The van der Waals surface area contributed by atoms with E-state index < -0.39 is 0 Å². The summed E-state index contributed by atoms with van der Waals surface area (Å²) in [6.07, 6.45) is 8.44. The van der Waals surface area contributed by atoms with Gasteiger partial charge in [-0.3, -0.25) is 0 Å². The van der Waals surface area contributed by atoms with Crippen molar-refractivity contribution in [2.24, 2.45) is 0 Å². The number of fused-ring (bicyclic) bond motifs is 3. The number of benzene rings is 5. The zero-order chi connectivity index (χ0) is 37.1. The number of hydrogen-bond donors (Lipinski definition) is 0. The van der Waals surface area contributed by atoms with Crippen molar-refractivity contribution in [3.63, 3.8) is 0 Å². The molecule has 0 aliphatic heterocycles. The van der Waals surface area contributed by atoms with Gasteiger partial charge in [-0.15, -0.1) is 63.5 Å². The van der Waals surface area contributed by atoms with Gasteiger partial charge in [0.1, 0.15) is 0 Å². The Morgan fingerprint density at radius 3 is 1.55 bits per heavy atom. The molecule has 1 fully saturated rings. The maximum atomic E-state index is 3.87. The van der Waals surface area contributed by atoms with Crippen LogP contribution in [0.15, 0.2) is 158 Å². The first-order chi connectivity index (χ1) is 25.0. The number of rotatable bonds is 3. The van der Waals surface area contributed by atoms with Crippen molar-refractivity contribution >= 4 is 21.5 Å². The Hall–Kier alpha value is -4.20. The fourth-order valence-corrected chi connectivity index (χ4v) is 7.00. The molecule has 0 bridgehead atoms. The van der Waals surface area contributed by atoms with Crippen LogP contribution in [-0.4, -0.2) is 0 Å². The average Bonchev–Trinajstić information content (AvgIpc) is 3.95. The molecule has 0 unspecified atom stereocenters. The molecular formula is C52H56Hf. The zero-order valence-electron chi connectivity index (χ0n) is 32.8. The second kappa shape index (κ2) is 19.2. The van der Waals surface area contributed by atoms with Gasteiger partial charge in [-0.05, 0) is 16.4 Å². The van der Waals surface area contributed by atoms with Crippen LogP contribution in [0.3, 0.4) is 0 Å². The molecule has 8 rings (SSSR count). The maximum absolute atomic E-state index is 3.87. The second-order valence-electron chi connectivity index (χ2n) is 16.0. The first-order valence-corrected chi connectivity index (χ1v) is 18.8. The summed E-state index contributed by atoms with van der Waals surface area (Å²) in [6, 6.07) is 53.2. The number of hydrogen-bond acceptors (Lipinski definition) is 0. The van der Waals surface area contributed by atoms with Crippen LogP contribution in [0.2, 0.25) is 0 Å². The normalized spacial score (nSPS) is 12.7. The SMILES string of the molecule is C=[C-]c1cccc(-c2ccccc2)c1C1CCCC1.CC(C)(C)c1ccc2c(c1)[cH-]c1cc(C(C)(C)C)ccc12.[CH2-]c1ccccc1.[Hf+4].c1cc[cH-]c1. The van der Waals surface area contributed by atoms with Crippen molar-refractivity contribution in [2.75, 3.05) is 0 Å². The van der Waals surface area contributed by atoms with E-state index in [2.05, 4.69) is 152 Å². The van der Waals surface area contributed by atoms with Crippen molar-refractivity contribution < 1.29 is 25.8 Å². The Balaban J connectivity index is 0.000000178. The van der Waals surface area contributed by atoms with Gasteiger partial charge >= 0.3 is 25.8 Å². The Bertz CT molecular complexity index is 2020. The van der Waals surface area contributed by atoms with Crippen LogP contribution in [-0.2, 0) is 36.7 Å². The average molecular weight is 860 g/mol. The summed E-state index contributed by atoms with van der Waals surface area (Å²) in [7, 11) is 0. The van der Waals surface area contributed by atoms with E-state index in [1.165, 1.54) is 80.6 Å². The fraction of sp³-hybridized carbons (Fsp3) is 0.250. The molecule has 268 valence electrons. The molecule has 0 radical (unpaired) electrons. The summed E-state index contributed by atoms with van der Waals surface area (Å²) in [5, 5.41) is 5.48. The molecule has 7 aromatic carbocycles. The van der Waals surface area contributed by atoms with E-state index in [1.54, 1.807) is 0 Å². The van der Waals surface area contributed by atoms with Crippen LogP contribution in [0, 0.1) is 13.0 Å². The van der Waals surface area contributed by atoms with Crippen LogP contribution in [0.1, 0.15) is 101 Å². The fourth-order valence-electron chi connectivity index (χ4n) is 7.00. The first-order valence-electron chi connectivity index (χ1n) is 18.8. The summed E-state index contributed by atoms with van der Waals surface area (Å²) in [5.41, 5.74) is 9.60. The van der Waals surface area contributed by atoms with Gasteiger partial charge in [0.15, 0.2) is 0 Å². The molecule has 0 atom stereocenters. The Labute approximate surface area is 339 Å². The predicted octanol–water partition coefficient (Wildman–Crippen LogP) is 14.9. The van der Waals surface area contributed by atoms with Crippen LogP contribution < -0.4 is 0 Å². The molecule has 0 saturated heterocycles. The summed E-state index contributed by atoms with van der Waals surface area (Å²) in [5.74, 6) is 0.681. The van der Waals surface area contributed by atoms with Crippen molar-refractivity contribution in [3.05, 3.63) is 199 Å². The minimum Gasteiger partial charge on any atom is -0.214 e. The minimum absolute atomic E-state index is 0. The van der Waals surface area contributed by atoms with Crippen LogP contribution >= 0.6 is 0 Å². The van der Waals surface area contributed by atoms with Crippen molar-refractivity contribution in [1.82, 2.24) is 0 Å². The van der Waals surface area contributed by atoms with Gasteiger partial charge < -0.3 is 0 Å². The Kier molecular flexibility index (Phi) is 15.1. The van der Waals surface area contributed by atoms with Crippen LogP contribution in [0.5, 0.6) is 0 Å². The van der Waals surface area contributed by atoms with Gasteiger partial charge in [-0.1, -0.05) is 157 Å². The Morgan fingerprint density at radius 1 is 0.623 bits per heavy atom. The second-order valence-corrected chi connectivity index (χ2v) is 16.0. The standard InChI is InChI=1S/C21H25.C19H19.C7H7.C5H5.Hf/c1-20(2,3)16-7-9-18-14(12-16)11-15-13-17(21(4,5)6)8-10-19(15)18;1-2-15-13-8-14-18(16-9-4-3-5-10-16)19(15)17-11-6-7-12-17;1-7-5-3-2-4-6-7;1-2-4-5-3-1;/h7-13H,1-6H3;3-5,8-10,13-14,17H,1,6-7,11-12H2;2-6H,1H2;1-5H;/q4*-1;+4. The molecule has 1 aliphatic rings. The molecule has 0 amide bonds. The van der Waals surface area contributed by atoms with Crippen LogP contribution in [0.25, 0.3) is 32.7 Å². The zero-order valence-corrected chi connectivity index (χ0v) is 36.3. The molecule has 0 spiro atoms. The van der Waals surface area contributed by atoms with E-state index in [0.717, 1.165) is 5.56 Å². The summed E-state index contributed by atoms with van der Waals surface area (Å²) in [4.78, 5) is 0. The quantitative estimate of drug-likeness (QED) is 0.123. The summed E-state index contributed by atoms with van der Waals surface area (Å²) >= 11 is 0. The third-order valence-corrected chi connectivity index (χ3v) is 9.98. The van der Waals surface area contributed by atoms with Gasteiger partial charge in [0.2, 0.25) is 0 Å². The van der Waals surface area contributed by atoms with Crippen molar-refractivity contribution in [2.45, 2.75) is 84.0 Å². The third-order valence-electron chi connectivity index (χ3n) is 9.98. The topological polar surface area (TPSA) is 0 Å². The monoisotopic (exact) mass is 860 g/mol. The van der Waals surface area contributed by atoms with Gasteiger partial charge in [0.05, 0.1) is 0 Å². The van der Waals surface area contributed by atoms with Gasteiger partial charge in [0.25, 0.3) is 0 Å². The molecule has 1 heteroatoms. The molecule has 0 heterocycles. The summed E-state index contributed by atoms with van der Waals surface area (Å²) in [6.45, 7) is 21.2. The van der Waals surface area contributed by atoms with E-state index in [4.69, 9.17) is 0 Å². The molecule has 0 aromatic heterocycles.